The van der Waals surface area contributed by atoms with Crippen molar-refractivity contribution in [3.05, 3.63) is 87.0 Å². The van der Waals surface area contributed by atoms with Gasteiger partial charge in [0.25, 0.3) is 5.56 Å². The van der Waals surface area contributed by atoms with Gasteiger partial charge >= 0.3 is 0 Å². The number of pyridine rings is 1. The molecule has 1 N–H and O–H groups in total. The Labute approximate surface area is 187 Å². The zero-order valence-electron chi connectivity index (χ0n) is 18.6. The van der Waals surface area contributed by atoms with Gasteiger partial charge in [-0.25, -0.2) is 4.68 Å². The Morgan fingerprint density at radius 3 is 2.53 bits per heavy atom. The van der Waals surface area contributed by atoms with Crippen LogP contribution in [0.3, 0.4) is 0 Å². The fraction of sp³-hybridized carbons (Fsp3) is 0.360. The molecule has 0 saturated carbocycles. The lowest BCUT2D eigenvalue weighted by Gasteiger charge is -2.33. The van der Waals surface area contributed by atoms with Crippen molar-refractivity contribution in [1.29, 1.82) is 0 Å². The Bertz CT molecular complexity index is 1290. The van der Waals surface area contributed by atoms with Gasteiger partial charge in [-0.2, -0.15) is 0 Å². The number of hydrogen-bond acceptors (Lipinski definition) is 5. The quantitative estimate of drug-likeness (QED) is 0.524. The van der Waals surface area contributed by atoms with Crippen molar-refractivity contribution in [2.24, 2.45) is 0 Å². The molecule has 2 aromatic carbocycles. The molecule has 2 aromatic heterocycles. The molecule has 7 heteroatoms. The maximum absolute atomic E-state index is 13.3. The first-order valence-electron chi connectivity index (χ1n) is 11.3. The van der Waals surface area contributed by atoms with Crippen molar-refractivity contribution >= 4 is 10.9 Å². The maximum Gasteiger partial charge on any atom is 0.253 e. The third-order valence-corrected chi connectivity index (χ3v) is 6.52. The van der Waals surface area contributed by atoms with Gasteiger partial charge in [-0.05, 0) is 90.5 Å². The Kier molecular flexibility index (Phi) is 5.57. The molecule has 1 fully saturated rings. The molecular formula is C25H28N6O. The summed E-state index contributed by atoms with van der Waals surface area (Å²) in [6.07, 6.45) is 3.44. The number of hydrogen-bond donors (Lipinski definition) is 1. The van der Waals surface area contributed by atoms with Crippen molar-refractivity contribution in [3.63, 3.8) is 0 Å². The van der Waals surface area contributed by atoms with Crippen LogP contribution in [0.1, 0.15) is 53.4 Å². The summed E-state index contributed by atoms with van der Waals surface area (Å²) in [4.78, 5) is 18.8. The van der Waals surface area contributed by atoms with Gasteiger partial charge in [0.05, 0.1) is 6.54 Å². The van der Waals surface area contributed by atoms with Crippen LogP contribution < -0.4 is 5.56 Å². The number of benzene rings is 2. The molecule has 4 aromatic rings. The Balaban J connectivity index is 1.63. The summed E-state index contributed by atoms with van der Waals surface area (Å²) in [5.74, 6) is 0.712. The van der Waals surface area contributed by atoms with E-state index in [1.54, 1.807) is 0 Å². The van der Waals surface area contributed by atoms with Crippen LogP contribution in [0.15, 0.2) is 53.3 Å². The standard InChI is InChI=1S/C25H28N6O/c1-17-13-20-15-21(25(32)26-22(20)14-18(17)2)23(30-11-7-4-8-12-30)24-27-28-29-31(24)16-19-9-5-3-6-10-19/h3,5-6,9-10,13-15,23H,4,7-8,11-12,16H2,1-2H3,(H,26,32)/t23-/m0/s1. The zero-order valence-corrected chi connectivity index (χ0v) is 18.6. The van der Waals surface area contributed by atoms with Gasteiger partial charge in [0.2, 0.25) is 0 Å². The maximum atomic E-state index is 13.3. The van der Waals surface area contributed by atoms with Gasteiger partial charge in [0.15, 0.2) is 5.82 Å². The molecule has 0 unspecified atom stereocenters. The zero-order chi connectivity index (χ0) is 22.1. The number of aromatic nitrogens is 5. The molecule has 164 valence electrons. The number of aryl methyl sites for hydroxylation is 2. The van der Waals surface area contributed by atoms with Crippen LogP contribution in [0.4, 0.5) is 0 Å². The highest BCUT2D eigenvalue weighted by Gasteiger charge is 2.31. The van der Waals surface area contributed by atoms with Crippen LogP contribution in [-0.4, -0.2) is 43.2 Å². The number of rotatable bonds is 5. The fourth-order valence-corrected chi connectivity index (χ4v) is 4.65. The predicted molar refractivity (Wildman–Crippen MR) is 125 cm³/mol. The number of H-pyrrole nitrogens is 1. The van der Waals surface area contributed by atoms with Crippen molar-refractivity contribution in [3.8, 4) is 0 Å². The van der Waals surface area contributed by atoms with E-state index in [0.29, 0.717) is 17.9 Å². The Hall–Kier alpha value is -3.32. The van der Waals surface area contributed by atoms with E-state index in [9.17, 15) is 4.79 Å². The smallest absolute Gasteiger partial charge is 0.253 e. The van der Waals surface area contributed by atoms with Gasteiger partial charge in [-0.3, -0.25) is 9.69 Å². The Morgan fingerprint density at radius 1 is 1.00 bits per heavy atom. The summed E-state index contributed by atoms with van der Waals surface area (Å²) >= 11 is 0. The van der Waals surface area contributed by atoms with Gasteiger partial charge in [0, 0.05) is 11.1 Å². The minimum absolute atomic E-state index is 0.0782. The summed E-state index contributed by atoms with van der Waals surface area (Å²) in [5, 5.41) is 13.7. The minimum atomic E-state index is -0.288. The molecule has 0 radical (unpaired) electrons. The summed E-state index contributed by atoms with van der Waals surface area (Å²) in [5.41, 5.74) is 4.98. The normalized spacial score (nSPS) is 15.8. The van der Waals surface area contributed by atoms with Crippen LogP contribution in [0.2, 0.25) is 0 Å². The van der Waals surface area contributed by atoms with Crippen LogP contribution in [0.25, 0.3) is 10.9 Å². The molecule has 5 rings (SSSR count). The van der Waals surface area contributed by atoms with E-state index in [-0.39, 0.29) is 11.6 Å². The van der Waals surface area contributed by atoms with E-state index < -0.39 is 0 Å². The Morgan fingerprint density at radius 2 is 1.75 bits per heavy atom. The van der Waals surface area contributed by atoms with E-state index in [4.69, 9.17) is 0 Å². The highest BCUT2D eigenvalue weighted by atomic mass is 16.1. The summed E-state index contributed by atoms with van der Waals surface area (Å²) in [6, 6.07) is 16.1. The van der Waals surface area contributed by atoms with Crippen molar-refractivity contribution in [2.45, 2.75) is 45.7 Å². The number of likely N-dealkylation sites (tertiary alicyclic amines) is 1. The minimum Gasteiger partial charge on any atom is -0.322 e. The van der Waals surface area contributed by atoms with E-state index in [1.165, 1.54) is 17.5 Å². The summed E-state index contributed by atoms with van der Waals surface area (Å²) < 4.78 is 1.83. The average molecular weight is 429 g/mol. The van der Waals surface area contributed by atoms with Crippen LogP contribution in [0, 0.1) is 13.8 Å². The topological polar surface area (TPSA) is 79.7 Å². The second kappa shape index (κ2) is 8.67. The van der Waals surface area contributed by atoms with Gasteiger partial charge in [-0.1, -0.05) is 36.8 Å². The number of aromatic amines is 1. The van der Waals surface area contributed by atoms with E-state index >= 15 is 0 Å². The van der Waals surface area contributed by atoms with Gasteiger partial charge in [-0.15, -0.1) is 5.10 Å². The monoisotopic (exact) mass is 428 g/mol. The van der Waals surface area contributed by atoms with Crippen molar-refractivity contribution in [2.75, 3.05) is 13.1 Å². The third-order valence-electron chi connectivity index (χ3n) is 6.52. The lowest BCUT2D eigenvalue weighted by atomic mass is 9.99. The molecule has 0 aliphatic carbocycles. The van der Waals surface area contributed by atoms with Crippen LogP contribution in [-0.2, 0) is 6.54 Å². The fourth-order valence-electron chi connectivity index (χ4n) is 4.65. The SMILES string of the molecule is Cc1cc2cc([C@@H](c3nnnn3Cc3ccccc3)N3CCCCC3)c(=O)[nH]c2cc1C. The summed E-state index contributed by atoms with van der Waals surface area (Å²) in [6.45, 7) is 6.58. The molecule has 1 aliphatic heterocycles. The molecule has 1 aliphatic rings. The molecule has 0 bridgehead atoms. The molecule has 0 spiro atoms. The van der Waals surface area contributed by atoms with Crippen LogP contribution in [0.5, 0.6) is 0 Å². The summed E-state index contributed by atoms with van der Waals surface area (Å²) in [7, 11) is 0. The number of nitrogens with zero attached hydrogens (tertiary/aromatic N) is 5. The number of piperidine rings is 1. The largest absolute Gasteiger partial charge is 0.322 e. The van der Waals surface area contributed by atoms with E-state index in [1.807, 2.05) is 35.0 Å². The van der Waals surface area contributed by atoms with Crippen LogP contribution >= 0.6 is 0 Å². The second-order valence-corrected chi connectivity index (χ2v) is 8.76. The van der Waals surface area contributed by atoms with Crippen molar-refractivity contribution in [1.82, 2.24) is 30.1 Å². The van der Waals surface area contributed by atoms with Gasteiger partial charge < -0.3 is 4.98 Å². The molecule has 1 saturated heterocycles. The lowest BCUT2D eigenvalue weighted by Crippen LogP contribution is -2.38. The molecule has 1 atom stereocenters. The highest BCUT2D eigenvalue weighted by molar-refractivity contribution is 5.81. The number of tetrazole rings is 1. The molecular weight excluding hydrogens is 400 g/mol. The lowest BCUT2D eigenvalue weighted by molar-refractivity contribution is 0.177. The second-order valence-electron chi connectivity index (χ2n) is 8.76. The first-order valence-corrected chi connectivity index (χ1v) is 11.3. The average Bonchev–Trinajstić information content (AvgIpc) is 3.25. The number of nitrogens with one attached hydrogen (secondary N) is 1. The van der Waals surface area contributed by atoms with E-state index in [0.717, 1.165) is 42.4 Å². The van der Waals surface area contributed by atoms with E-state index in [2.05, 4.69) is 57.5 Å². The number of fused-ring (bicyclic) bond motifs is 1. The molecule has 32 heavy (non-hydrogen) atoms. The molecule has 3 heterocycles. The highest BCUT2D eigenvalue weighted by Crippen LogP contribution is 2.30. The molecule has 0 amide bonds. The van der Waals surface area contributed by atoms with Gasteiger partial charge in [0.1, 0.15) is 6.04 Å². The third kappa shape index (κ3) is 3.96. The molecule has 7 nitrogen and oxygen atoms in total. The first-order chi connectivity index (χ1) is 15.6. The predicted octanol–water partition coefficient (Wildman–Crippen LogP) is 3.76. The van der Waals surface area contributed by atoms with Crippen molar-refractivity contribution < 1.29 is 0 Å². The first kappa shape index (κ1) is 20.6.